The molecule has 0 aliphatic rings. The van der Waals surface area contributed by atoms with Crippen LogP contribution in [0, 0.1) is 0 Å². The lowest BCUT2D eigenvalue weighted by Crippen LogP contribution is -2.18. The Morgan fingerprint density at radius 1 is 1.28 bits per heavy atom. The molecule has 0 amide bonds. The van der Waals surface area contributed by atoms with E-state index in [1.54, 1.807) is 7.11 Å². The average Bonchev–Trinajstić information content (AvgIpc) is 2.84. The topological polar surface area (TPSA) is 49.9 Å². The summed E-state index contributed by atoms with van der Waals surface area (Å²) in [5.74, 6) is 1.00. The quantitative estimate of drug-likeness (QED) is 0.730. The SMILES string of the molecule is COCCNCc1cnc(Cc2ccccc2)[nH]1. The highest BCUT2D eigenvalue weighted by Gasteiger charge is 2.01. The lowest BCUT2D eigenvalue weighted by Gasteiger charge is -2.01. The van der Waals surface area contributed by atoms with Crippen LogP contribution in [0.3, 0.4) is 0 Å². The normalized spacial score (nSPS) is 10.7. The van der Waals surface area contributed by atoms with Gasteiger partial charge in [-0.05, 0) is 5.56 Å². The Balaban J connectivity index is 1.83. The number of imidazole rings is 1. The van der Waals surface area contributed by atoms with Crippen molar-refractivity contribution in [2.24, 2.45) is 0 Å². The van der Waals surface area contributed by atoms with E-state index in [0.29, 0.717) is 0 Å². The fraction of sp³-hybridized carbons (Fsp3) is 0.357. The van der Waals surface area contributed by atoms with Crippen molar-refractivity contribution in [3.63, 3.8) is 0 Å². The lowest BCUT2D eigenvalue weighted by molar-refractivity contribution is 0.199. The Hall–Kier alpha value is -1.65. The van der Waals surface area contributed by atoms with Crippen molar-refractivity contribution in [2.75, 3.05) is 20.3 Å². The average molecular weight is 245 g/mol. The summed E-state index contributed by atoms with van der Waals surface area (Å²) in [5, 5.41) is 3.28. The van der Waals surface area contributed by atoms with Gasteiger partial charge >= 0.3 is 0 Å². The van der Waals surface area contributed by atoms with Crippen molar-refractivity contribution in [2.45, 2.75) is 13.0 Å². The molecule has 0 atom stereocenters. The molecular weight excluding hydrogens is 226 g/mol. The second-order valence-corrected chi connectivity index (χ2v) is 4.19. The van der Waals surface area contributed by atoms with Gasteiger partial charge in [-0.25, -0.2) is 4.98 Å². The maximum atomic E-state index is 4.98. The van der Waals surface area contributed by atoms with E-state index in [2.05, 4.69) is 27.4 Å². The molecule has 0 aliphatic heterocycles. The van der Waals surface area contributed by atoms with Gasteiger partial charge in [0.1, 0.15) is 5.82 Å². The zero-order valence-electron chi connectivity index (χ0n) is 10.6. The standard InChI is InChI=1S/C14H19N3O/c1-18-8-7-15-10-13-11-16-14(17-13)9-12-5-3-2-4-6-12/h2-6,11,15H,7-10H2,1H3,(H,16,17). The number of methoxy groups -OCH3 is 1. The van der Waals surface area contributed by atoms with Crippen molar-refractivity contribution in [3.05, 3.63) is 53.6 Å². The Morgan fingerprint density at radius 2 is 2.11 bits per heavy atom. The summed E-state index contributed by atoms with van der Waals surface area (Å²) in [6.07, 6.45) is 2.73. The second-order valence-electron chi connectivity index (χ2n) is 4.19. The van der Waals surface area contributed by atoms with E-state index in [0.717, 1.165) is 37.6 Å². The summed E-state index contributed by atoms with van der Waals surface area (Å²) in [6.45, 7) is 2.37. The van der Waals surface area contributed by atoms with Gasteiger partial charge in [-0.3, -0.25) is 0 Å². The molecule has 4 nitrogen and oxygen atoms in total. The lowest BCUT2D eigenvalue weighted by atomic mass is 10.1. The van der Waals surface area contributed by atoms with Crippen LogP contribution < -0.4 is 5.32 Å². The van der Waals surface area contributed by atoms with E-state index in [9.17, 15) is 0 Å². The number of ether oxygens (including phenoxy) is 1. The highest BCUT2D eigenvalue weighted by Crippen LogP contribution is 2.06. The third kappa shape index (κ3) is 3.98. The van der Waals surface area contributed by atoms with Gasteiger partial charge < -0.3 is 15.0 Å². The fourth-order valence-corrected chi connectivity index (χ4v) is 1.77. The van der Waals surface area contributed by atoms with Crippen molar-refractivity contribution in [1.29, 1.82) is 0 Å². The fourth-order valence-electron chi connectivity index (χ4n) is 1.77. The molecule has 0 spiro atoms. The molecular formula is C14H19N3O. The van der Waals surface area contributed by atoms with Crippen LogP contribution in [0.1, 0.15) is 17.1 Å². The highest BCUT2D eigenvalue weighted by atomic mass is 16.5. The smallest absolute Gasteiger partial charge is 0.110 e. The molecule has 0 saturated carbocycles. The molecule has 0 fully saturated rings. The van der Waals surface area contributed by atoms with Crippen LogP contribution in [0.15, 0.2) is 36.5 Å². The molecule has 0 bridgehead atoms. The molecule has 1 aromatic heterocycles. The molecule has 2 aromatic rings. The Morgan fingerprint density at radius 3 is 2.89 bits per heavy atom. The minimum Gasteiger partial charge on any atom is -0.383 e. The van der Waals surface area contributed by atoms with E-state index in [1.807, 2.05) is 24.4 Å². The minimum absolute atomic E-state index is 0.727. The third-order valence-corrected chi connectivity index (χ3v) is 2.69. The number of aromatic nitrogens is 2. The monoisotopic (exact) mass is 245 g/mol. The van der Waals surface area contributed by atoms with Crippen molar-refractivity contribution in [1.82, 2.24) is 15.3 Å². The predicted molar refractivity (Wildman–Crippen MR) is 71.4 cm³/mol. The van der Waals surface area contributed by atoms with Crippen LogP contribution in [0.2, 0.25) is 0 Å². The summed E-state index contributed by atoms with van der Waals surface area (Å²) in [6, 6.07) is 10.3. The van der Waals surface area contributed by atoms with Crippen LogP contribution in [-0.4, -0.2) is 30.2 Å². The number of hydrogen-bond donors (Lipinski definition) is 2. The number of benzene rings is 1. The number of rotatable bonds is 7. The van der Waals surface area contributed by atoms with Gasteiger partial charge in [0.25, 0.3) is 0 Å². The predicted octanol–water partition coefficient (Wildman–Crippen LogP) is 1.74. The molecule has 1 aromatic carbocycles. The second kappa shape index (κ2) is 6.93. The molecule has 0 saturated heterocycles. The molecule has 96 valence electrons. The van der Waals surface area contributed by atoms with Gasteiger partial charge in [0, 0.05) is 38.5 Å². The maximum Gasteiger partial charge on any atom is 0.110 e. The van der Waals surface area contributed by atoms with Gasteiger partial charge in [-0.1, -0.05) is 30.3 Å². The zero-order valence-corrected chi connectivity index (χ0v) is 10.6. The molecule has 18 heavy (non-hydrogen) atoms. The van der Waals surface area contributed by atoms with Crippen molar-refractivity contribution >= 4 is 0 Å². The van der Waals surface area contributed by atoms with Crippen molar-refractivity contribution < 1.29 is 4.74 Å². The maximum absolute atomic E-state index is 4.98. The molecule has 0 aliphatic carbocycles. The molecule has 2 rings (SSSR count). The first-order valence-corrected chi connectivity index (χ1v) is 6.15. The Bertz CT molecular complexity index is 453. The molecule has 0 radical (unpaired) electrons. The van der Waals surface area contributed by atoms with Crippen LogP contribution >= 0.6 is 0 Å². The van der Waals surface area contributed by atoms with Gasteiger partial charge in [-0.15, -0.1) is 0 Å². The molecule has 1 heterocycles. The van der Waals surface area contributed by atoms with E-state index in [4.69, 9.17) is 4.74 Å². The first kappa shape index (κ1) is 12.8. The van der Waals surface area contributed by atoms with Gasteiger partial charge in [0.15, 0.2) is 0 Å². The number of H-pyrrole nitrogens is 1. The highest BCUT2D eigenvalue weighted by molar-refractivity contribution is 5.19. The minimum atomic E-state index is 0.727. The van der Waals surface area contributed by atoms with Crippen LogP contribution in [0.5, 0.6) is 0 Å². The van der Waals surface area contributed by atoms with Gasteiger partial charge in [-0.2, -0.15) is 0 Å². The summed E-state index contributed by atoms with van der Waals surface area (Å²) in [7, 11) is 1.70. The molecule has 0 unspecified atom stereocenters. The van der Waals surface area contributed by atoms with Gasteiger partial charge in [0.2, 0.25) is 0 Å². The van der Waals surface area contributed by atoms with Gasteiger partial charge in [0.05, 0.1) is 6.61 Å². The summed E-state index contributed by atoms with van der Waals surface area (Å²) in [5.41, 5.74) is 2.38. The van der Waals surface area contributed by atoms with E-state index in [-0.39, 0.29) is 0 Å². The summed E-state index contributed by atoms with van der Waals surface area (Å²) >= 11 is 0. The Labute approximate surface area is 107 Å². The molecule has 2 N–H and O–H groups in total. The number of aromatic amines is 1. The van der Waals surface area contributed by atoms with E-state index in [1.165, 1.54) is 5.56 Å². The largest absolute Gasteiger partial charge is 0.383 e. The van der Waals surface area contributed by atoms with E-state index >= 15 is 0 Å². The van der Waals surface area contributed by atoms with Crippen LogP contribution in [0.25, 0.3) is 0 Å². The number of nitrogens with zero attached hydrogens (tertiary/aromatic N) is 1. The van der Waals surface area contributed by atoms with E-state index < -0.39 is 0 Å². The Kier molecular flexibility index (Phi) is 4.93. The number of hydrogen-bond acceptors (Lipinski definition) is 3. The summed E-state index contributed by atoms with van der Waals surface area (Å²) in [4.78, 5) is 7.71. The van der Waals surface area contributed by atoms with Crippen molar-refractivity contribution in [3.8, 4) is 0 Å². The zero-order chi connectivity index (χ0) is 12.6. The first-order valence-electron chi connectivity index (χ1n) is 6.15. The number of nitrogens with one attached hydrogen (secondary N) is 2. The first-order chi connectivity index (χ1) is 8.88. The summed E-state index contributed by atoms with van der Waals surface area (Å²) < 4.78 is 4.98. The third-order valence-electron chi connectivity index (χ3n) is 2.69. The van der Waals surface area contributed by atoms with Crippen LogP contribution in [-0.2, 0) is 17.7 Å². The van der Waals surface area contributed by atoms with Crippen LogP contribution in [0.4, 0.5) is 0 Å². The molecule has 4 heteroatoms.